The Morgan fingerprint density at radius 1 is 1.47 bits per heavy atom. The summed E-state index contributed by atoms with van der Waals surface area (Å²) in [7, 11) is 0. The number of carbonyl (C=O) groups is 1. The second-order valence-electron chi connectivity index (χ2n) is 4.83. The fourth-order valence-corrected chi connectivity index (χ4v) is 1.83. The standard InChI is InChI=1S/C13H18N2O2/c14-8-13(4-5-13)9-15-12(17)7-10-2-1-3-11(16)6-10/h1-3,6,16H,4-5,7-9,14H2,(H,15,17). The van der Waals surface area contributed by atoms with Gasteiger partial charge in [-0.15, -0.1) is 0 Å². The molecular formula is C13H18N2O2. The number of nitrogens with one attached hydrogen (secondary N) is 1. The molecule has 17 heavy (non-hydrogen) atoms. The lowest BCUT2D eigenvalue weighted by Gasteiger charge is -2.13. The summed E-state index contributed by atoms with van der Waals surface area (Å²) in [6.45, 7) is 1.31. The third-order valence-corrected chi connectivity index (χ3v) is 3.33. The number of hydrogen-bond donors (Lipinski definition) is 3. The van der Waals surface area contributed by atoms with Crippen molar-refractivity contribution in [2.75, 3.05) is 13.1 Å². The molecule has 0 saturated heterocycles. The first-order valence-corrected chi connectivity index (χ1v) is 5.88. The zero-order valence-electron chi connectivity index (χ0n) is 9.78. The topological polar surface area (TPSA) is 75.3 Å². The number of phenolic OH excluding ortho intramolecular Hbond substituents is 1. The van der Waals surface area contributed by atoms with Gasteiger partial charge in [-0.3, -0.25) is 4.79 Å². The molecule has 0 heterocycles. The maximum absolute atomic E-state index is 11.7. The van der Waals surface area contributed by atoms with Crippen LogP contribution in [-0.4, -0.2) is 24.1 Å². The lowest BCUT2D eigenvalue weighted by molar-refractivity contribution is -0.120. The van der Waals surface area contributed by atoms with Crippen LogP contribution in [0.15, 0.2) is 24.3 Å². The molecule has 1 aliphatic carbocycles. The van der Waals surface area contributed by atoms with Gasteiger partial charge in [-0.1, -0.05) is 12.1 Å². The van der Waals surface area contributed by atoms with Crippen molar-refractivity contribution in [3.05, 3.63) is 29.8 Å². The summed E-state index contributed by atoms with van der Waals surface area (Å²) in [5.41, 5.74) is 6.62. The maximum Gasteiger partial charge on any atom is 0.224 e. The van der Waals surface area contributed by atoms with Gasteiger partial charge in [-0.25, -0.2) is 0 Å². The SMILES string of the molecule is NCC1(CNC(=O)Cc2cccc(O)c2)CC1. The van der Waals surface area contributed by atoms with Gasteiger partial charge in [0.25, 0.3) is 0 Å². The van der Waals surface area contributed by atoms with Crippen LogP contribution in [0.4, 0.5) is 0 Å². The van der Waals surface area contributed by atoms with Crippen molar-refractivity contribution in [3.63, 3.8) is 0 Å². The Morgan fingerprint density at radius 2 is 2.24 bits per heavy atom. The van der Waals surface area contributed by atoms with Crippen LogP contribution in [-0.2, 0) is 11.2 Å². The summed E-state index contributed by atoms with van der Waals surface area (Å²) in [5.74, 6) is 0.172. The number of rotatable bonds is 5. The van der Waals surface area contributed by atoms with E-state index in [0.29, 0.717) is 19.5 Å². The molecule has 1 fully saturated rings. The summed E-state index contributed by atoms with van der Waals surface area (Å²) >= 11 is 0. The quantitative estimate of drug-likeness (QED) is 0.705. The van der Waals surface area contributed by atoms with E-state index in [0.717, 1.165) is 18.4 Å². The number of phenols is 1. The molecule has 1 amide bonds. The van der Waals surface area contributed by atoms with Gasteiger partial charge in [0.1, 0.15) is 5.75 Å². The van der Waals surface area contributed by atoms with E-state index in [4.69, 9.17) is 5.73 Å². The maximum atomic E-state index is 11.7. The van der Waals surface area contributed by atoms with Crippen LogP contribution < -0.4 is 11.1 Å². The lowest BCUT2D eigenvalue weighted by Crippen LogP contribution is -2.34. The number of benzene rings is 1. The normalized spacial score (nSPS) is 16.5. The Hall–Kier alpha value is -1.55. The van der Waals surface area contributed by atoms with Crippen molar-refractivity contribution in [1.29, 1.82) is 0 Å². The lowest BCUT2D eigenvalue weighted by atomic mass is 10.1. The van der Waals surface area contributed by atoms with Gasteiger partial charge in [0.05, 0.1) is 6.42 Å². The van der Waals surface area contributed by atoms with E-state index < -0.39 is 0 Å². The van der Waals surface area contributed by atoms with Crippen molar-refractivity contribution in [3.8, 4) is 5.75 Å². The minimum Gasteiger partial charge on any atom is -0.508 e. The van der Waals surface area contributed by atoms with E-state index in [9.17, 15) is 9.90 Å². The fraction of sp³-hybridized carbons (Fsp3) is 0.462. The molecule has 4 nitrogen and oxygen atoms in total. The molecule has 1 aromatic carbocycles. The van der Waals surface area contributed by atoms with E-state index in [1.165, 1.54) is 0 Å². The molecule has 0 bridgehead atoms. The molecule has 1 saturated carbocycles. The van der Waals surface area contributed by atoms with Crippen LogP contribution in [0.3, 0.4) is 0 Å². The highest BCUT2D eigenvalue weighted by Crippen LogP contribution is 2.43. The Bertz CT molecular complexity index is 414. The summed E-state index contributed by atoms with van der Waals surface area (Å²) in [4.78, 5) is 11.7. The number of amides is 1. The van der Waals surface area contributed by atoms with Crippen LogP contribution >= 0.6 is 0 Å². The second-order valence-corrected chi connectivity index (χ2v) is 4.83. The highest BCUT2D eigenvalue weighted by molar-refractivity contribution is 5.78. The highest BCUT2D eigenvalue weighted by atomic mass is 16.3. The molecule has 0 atom stereocenters. The van der Waals surface area contributed by atoms with Gasteiger partial charge >= 0.3 is 0 Å². The van der Waals surface area contributed by atoms with E-state index in [1.54, 1.807) is 18.2 Å². The second kappa shape index (κ2) is 4.75. The first-order valence-electron chi connectivity index (χ1n) is 5.88. The first-order chi connectivity index (χ1) is 8.13. The van der Waals surface area contributed by atoms with Crippen LogP contribution in [0.5, 0.6) is 5.75 Å². The number of carbonyl (C=O) groups excluding carboxylic acids is 1. The van der Waals surface area contributed by atoms with Crippen LogP contribution in [0, 0.1) is 5.41 Å². The monoisotopic (exact) mass is 234 g/mol. The minimum absolute atomic E-state index is 0.0182. The van der Waals surface area contributed by atoms with E-state index in [2.05, 4.69) is 5.32 Å². The molecule has 2 rings (SSSR count). The summed E-state index contributed by atoms with van der Waals surface area (Å²) in [5, 5.41) is 12.2. The van der Waals surface area contributed by atoms with Crippen LogP contribution in [0.2, 0.25) is 0 Å². The van der Waals surface area contributed by atoms with Gasteiger partial charge in [-0.2, -0.15) is 0 Å². The Balaban J connectivity index is 1.81. The van der Waals surface area contributed by atoms with Gasteiger partial charge in [-0.05, 0) is 42.5 Å². The first kappa shape index (κ1) is 11.9. The predicted molar refractivity (Wildman–Crippen MR) is 65.5 cm³/mol. The third kappa shape index (κ3) is 3.20. The van der Waals surface area contributed by atoms with Crippen LogP contribution in [0.25, 0.3) is 0 Å². The molecule has 0 unspecified atom stereocenters. The minimum atomic E-state index is -0.0182. The zero-order chi connectivity index (χ0) is 12.3. The molecule has 4 N–H and O–H groups in total. The molecular weight excluding hydrogens is 216 g/mol. The summed E-state index contributed by atoms with van der Waals surface area (Å²) < 4.78 is 0. The van der Waals surface area contributed by atoms with Crippen molar-refractivity contribution in [2.45, 2.75) is 19.3 Å². The molecule has 0 spiro atoms. The smallest absolute Gasteiger partial charge is 0.224 e. The van der Waals surface area contributed by atoms with Crippen molar-refractivity contribution in [2.24, 2.45) is 11.1 Å². The van der Waals surface area contributed by atoms with E-state index in [1.807, 2.05) is 6.07 Å². The van der Waals surface area contributed by atoms with Gasteiger partial charge in [0.2, 0.25) is 5.91 Å². The highest BCUT2D eigenvalue weighted by Gasteiger charge is 2.41. The third-order valence-electron chi connectivity index (χ3n) is 3.33. The van der Waals surface area contributed by atoms with E-state index >= 15 is 0 Å². The molecule has 4 heteroatoms. The van der Waals surface area contributed by atoms with Crippen molar-refractivity contribution < 1.29 is 9.90 Å². The fourth-order valence-electron chi connectivity index (χ4n) is 1.83. The average molecular weight is 234 g/mol. The molecule has 1 aromatic rings. The largest absolute Gasteiger partial charge is 0.508 e. The number of nitrogens with two attached hydrogens (primary N) is 1. The van der Waals surface area contributed by atoms with Gasteiger partial charge in [0, 0.05) is 6.54 Å². The van der Waals surface area contributed by atoms with Crippen molar-refractivity contribution in [1.82, 2.24) is 5.32 Å². The Morgan fingerprint density at radius 3 is 2.82 bits per heavy atom. The van der Waals surface area contributed by atoms with E-state index in [-0.39, 0.29) is 17.1 Å². The predicted octanol–water partition coefficient (Wildman–Crippen LogP) is 0.790. The summed E-state index contributed by atoms with van der Waals surface area (Å²) in [6, 6.07) is 6.76. The van der Waals surface area contributed by atoms with Crippen molar-refractivity contribution >= 4 is 5.91 Å². The summed E-state index contributed by atoms with van der Waals surface area (Å²) in [6.07, 6.45) is 2.51. The number of hydrogen-bond acceptors (Lipinski definition) is 3. The molecule has 92 valence electrons. The molecule has 0 aromatic heterocycles. The number of aromatic hydroxyl groups is 1. The zero-order valence-corrected chi connectivity index (χ0v) is 9.78. The molecule has 1 aliphatic rings. The van der Waals surface area contributed by atoms with Gasteiger partial charge in [0.15, 0.2) is 0 Å². The molecule has 0 radical (unpaired) electrons. The Labute approximate surface area is 101 Å². The molecule has 0 aliphatic heterocycles. The average Bonchev–Trinajstić information content (AvgIpc) is 3.07. The van der Waals surface area contributed by atoms with Crippen LogP contribution in [0.1, 0.15) is 18.4 Å². The Kier molecular flexibility index (Phi) is 3.33. The van der Waals surface area contributed by atoms with Gasteiger partial charge < -0.3 is 16.2 Å².